The van der Waals surface area contributed by atoms with E-state index in [2.05, 4.69) is 19.2 Å². The summed E-state index contributed by atoms with van der Waals surface area (Å²) in [4.78, 5) is 11.5. The number of carbonyl (C=O) groups excluding carboxylic acids is 1. The Morgan fingerprint density at radius 1 is 1.54 bits per heavy atom. The lowest BCUT2D eigenvalue weighted by Gasteiger charge is -2.22. The first kappa shape index (κ1) is 10.7. The van der Waals surface area contributed by atoms with E-state index in [0.29, 0.717) is 17.6 Å². The highest BCUT2D eigenvalue weighted by molar-refractivity contribution is 5.78. The van der Waals surface area contributed by atoms with E-state index >= 15 is 0 Å². The molecule has 1 N–H and O–H groups in total. The molecule has 1 heterocycles. The minimum atomic E-state index is 0.448. The Hall–Kier alpha value is -0.370. The number of hydrogen-bond donors (Lipinski definition) is 1. The van der Waals surface area contributed by atoms with Gasteiger partial charge < -0.3 is 5.32 Å². The fourth-order valence-corrected chi connectivity index (χ4v) is 1.96. The molecule has 1 aliphatic rings. The van der Waals surface area contributed by atoms with Crippen molar-refractivity contribution < 1.29 is 4.79 Å². The Bertz CT molecular complexity index is 159. The molecule has 0 aromatic rings. The first-order valence-corrected chi connectivity index (χ1v) is 5.41. The van der Waals surface area contributed by atoms with E-state index in [1.807, 2.05) is 0 Å². The third-order valence-electron chi connectivity index (χ3n) is 2.55. The molecular weight excluding hydrogens is 162 g/mol. The summed E-state index contributed by atoms with van der Waals surface area (Å²) in [5.41, 5.74) is 0. The lowest BCUT2D eigenvalue weighted by Crippen LogP contribution is -2.31. The van der Waals surface area contributed by atoms with Crippen LogP contribution in [0.3, 0.4) is 0 Å². The van der Waals surface area contributed by atoms with Crippen molar-refractivity contribution in [3.05, 3.63) is 0 Å². The van der Waals surface area contributed by atoms with Gasteiger partial charge in [0.2, 0.25) is 0 Å². The summed E-state index contributed by atoms with van der Waals surface area (Å²) in [5.74, 6) is 1.58. The van der Waals surface area contributed by atoms with E-state index < -0.39 is 0 Å². The maximum Gasteiger partial charge on any atom is 0.133 e. The first-order valence-electron chi connectivity index (χ1n) is 5.41. The summed E-state index contributed by atoms with van der Waals surface area (Å²) in [5, 5.41) is 3.34. The summed E-state index contributed by atoms with van der Waals surface area (Å²) in [7, 11) is 0. The van der Waals surface area contributed by atoms with Gasteiger partial charge in [0.1, 0.15) is 5.78 Å². The molecule has 2 heteroatoms. The van der Waals surface area contributed by atoms with Crippen LogP contribution in [-0.2, 0) is 4.79 Å². The second kappa shape index (κ2) is 5.38. The molecule has 1 unspecified atom stereocenters. The van der Waals surface area contributed by atoms with E-state index in [1.165, 1.54) is 12.8 Å². The molecule has 0 bridgehead atoms. The molecule has 0 amide bonds. The van der Waals surface area contributed by atoms with Crippen LogP contribution >= 0.6 is 0 Å². The molecule has 0 radical (unpaired) electrons. The number of ketones is 1. The van der Waals surface area contributed by atoms with Crippen LogP contribution in [0.15, 0.2) is 0 Å². The van der Waals surface area contributed by atoms with E-state index in [1.54, 1.807) is 0 Å². The van der Waals surface area contributed by atoms with Crippen LogP contribution in [0.25, 0.3) is 0 Å². The maximum absolute atomic E-state index is 11.5. The molecule has 76 valence electrons. The van der Waals surface area contributed by atoms with Gasteiger partial charge in [-0.15, -0.1) is 0 Å². The van der Waals surface area contributed by atoms with Crippen LogP contribution in [0, 0.1) is 11.8 Å². The predicted octanol–water partition coefficient (Wildman–Crippen LogP) is 1.99. The van der Waals surface area contributed by atoms with Crippen molar-refractivity contribution in [3.63, 3.8) is 0 Å². The van der Waals surface area contributed by atoms with Gasteiger partial charge in [0.05, 0.1) is 0 Å². The zero-order chi connectivity index (χ0) is 9.68. The van der Waals surface area contributed by atoms with Crippen molar-refractivity contribution in [2.24, 2.45) is 11.8 Å². The molecule has 0 aromatic carbocycles. The van der Waals surface area contributed by atoms with Crippen molar-refractivity contribution in [2.45, 2.75) is 39.5 Å². The molecule has 1 fully saturated rings. The molecule has 0 spiro atoms. The predicted molar refractivity (Wildman–Crippen MR) is 54.7 cm³/mol. The third-order valence-corrected chi connectivity index (χ3v) is 2.55. The lowest BCUT2D eigenvalue weighted by atomic mass is 9.91. The molecule has 1 saturated heterocycles. The van der Waals surface area contributed by atoms with E-state index in [0.717, 1.165) is 25.9 Å². The van der Waals surface area contributed by atoms with E-state index in [4.69, 9.17) is 0 Å². The van der Waals surface area contributed by atoms with Gasteiger partial charge in [-0.1, -0.05) is 13.8 Å². The normalized spacial score (nSPS) is 23.5. The molecule has 1 aliphatic heterocycles. The molecular formula is C11H21NO. The fourth-order valence-electron chi connectivity index (χ4n) is 1.96. The van der Waals surface area contributed by atoms with Crippen molar-refractivity contribution in [1.82, 2.24) is 5.32 Å². The van der Waals surface area contributed by atoms with Gasteiger partial charge >= 0.3 is 0 Å². The average Bonchev–Trinajstić information content (AvgIpc) is 2.04. The maximum atomic E-state index is 11.5. The second-order valence-electron chi connectivity index (χ2n) is 4.55. The first-order chi connectivity index (χ1) is 6.18. The number of piperidine rings is 1. The molecule has 0 saturated carbocycles. The topological polar surface area (TPSA) is 29.1 Å². The SMILES string of the molecule is CC(C)CC(=O)CC1CCCNC1. The van der Waals surface area contributed by atoms with Crippen LogP contribution in [0.2, 0.25) is 0 Å². The standard InChI is InChI=1S/C11H21NO/c1-9(2)6-11(13)7-10-4-3-5-12-8-10/h9-10,12H,3-8H2,1-2H3. The van der Waals surface area contributed by atoms with Gasteiger partial charge in [-0.2, -0.15) is 0 Å². The minimum Gasteiger partial charge on any atom is -0.316 e. The van der Waals surface area contributed by atoms with Gasteiger partial charge in [-0.25, -0.2) is 0 Å². The number of hydrogen-bond acceptors (Lipinski definition) is 2. The largest absolute Gasteiger partial charge is 0.316 e. The number of carbonyl (C=O) groups is 1. The monoisotopic (exact) mass is 183 g/mol. The van der Waals surface area contributed by atoms with Crippen molar-refractivity contribution in [2.75, 3.05) is 13.1 Å². The van der Waals surface area contributed by atoms with E-state index in [9.17, 15) is 4.79 Å². The summed E-state index contributed by atoms with van der Waals surface area (Å²) >= 11 is 0. The Kier molecular flexibility index (Phi) is 4.43. The van der Waals surface area contributed by atoms with Crippen LogP contribution in [0.5, 0.6) is 0 Å². The van der Waals surface area contributed by atoms with Crippen molar-refractivity contribution in [1.29, 1.82) is 0 Å². The fraction of sp³-hybridized carbons (Fsp3) is 0.909. The molecule has 2 nitrogen and oxygen atoms in total. The highest BCUT2D eigenvalue weighted by atomic mass is 16.1. The van der Waals surface area contributed by atoms with Crippen LogP contribution in [0.1, 0.15) is 39.5 Å². The van der Waals surface area contributed by atoms with Crippen LogP contribution < -0.4 is 5.32 Å². The quantitative estimate of drug-likeness (QED) is 0.722. The summed E-state index contributed by atoms with van der Waals surface area (Å²) in [6.07, 6.45) is 4.03. The zero-order valence-electron chi connectivity index (χ0n) is 8.81. The lowest BCUT2D eigenvalue weighted by molar-refractivity contribution is -0.120. The average molecular weight is 183 g/mol. The Balaban J connectivity index is 2.18. The molecule has 13 heavy (non-hydrogen) atoms. The van der Waals surface area contributed by atoms with Crippen LogP contribution in [-0.4, -0.2) is 18.9 Å². The summed E-state index contributed by atoms with van der Waals surface area (Å²) in [6, 6.07) is 0. The third kappa shape index (κ3) is 4.41. The number of Topliss-reactive ketones (excluding diaryl/α,β-unsaturated/α-hetero) is 1. The van der Waals surface area contributed by atoms with Gasteiger partial charge in [0, 0.05) is 12.8 Å². The summed E-state index contributed by atoms with van der Waals surface area (Å²) in [6.45, 7) is 6.40. The minimum absolute atomic E-state index is 0.448. The Labute approximate surface area is 81.1 Å². The van der Waals surface area contributed by atoms with Gasteiger partial charge in [-0.3, -0.25) is 4.79 Å². The number of nitrogens with one attached hydrogen (secondary N) is 1. The van der Waals surface area contributed by atoms with Crippen molar-refractivity contribution >= 4 is 5.78 Å². The van der Waals surface area contributed by atoms with E-state index in [-0.39, 0.29) is 0 Å². The molecule has 0 aromatic heterocycles. The number of rotatable bonds is 4. The second-order valence-corrected chi connectivity index (χ2v) is 4.55. The Morgan fingerprint density at radius 2 is 2.31 bits per heavy atom. The highest BCUT2D eigenvalue weighted by Gasteiger charge is 2.16. The van der Waals surface area contributed by atoms with Gasteiger partial charge in [0.15, 0.2) is 0 Å². The summed E-state index contributed by atoms with van der Waals surface area (Å²) < 4.78 is 0. The molecule has 0 aliphatic carbocycles. The van der Waals surface area contributed by atoms with Gasteiger partial charge in [-0.05, 0) is 37.8 Å². The van der Waals surface area contributed by atoms with Crippen LogP contribution in [0.4, 0.5) is 0 Å². The molecule has 1 rings (SSSR count). The molecule has 1 atom stereocenters. The van der Waals surface area contributed by atoms with Crippen molar-refractivity contribution in [3.8, 4) is 0 Å². The smallest absolute Gasteiger partial charge is 0.133 e. The Morgan fingerprint density at radius 3 is 2.85 bits per heavy atom. The highest BCUT2D eigenvalue weighted by Crippen LogP contribution is 2.16. The zero-order valence-corrected chi connectivity index (χ0v) is 8.81. The van der Waals surface area contributed by atoms with Gasteiger partial charge in [0.25, 0.3) is 0 Å².